The van der Waals surface area contributed by atoms with Crippen LogP contribution in [0.15, 0.2) is 22.5 Å². The third-order valence-electron chi connectivity index (χ3n) is 2.23. The minimum absolute atomic E-state index is 0.698. The molecular formula is C11H25IO3Si3. The Morgan fingerprint density at radius 1 is 1.11 bits per heavy atom. The Hall–Kier alpha value is 0.741. The van der Waals surface area contributed by atoms with E-state index in [1.807, 2.05) is 0 Å². The number of rotatable bonds is 9. The highest BCUT2D eigenvalue weighted by atomic mass is 127. The summed E-state index contributed by atoms with van der Waals surface area (Å²) in [6.45, 7) is 8.22. The van der Waals surface area contributed by atoms with Gasteiger partial charge in [-0.25, -0.2) is 0 Å². The zero-order valence-corrected chi connectivity index (χ0v) is 17.8. The van der Waals surface area contributed by atoms with E-state index in [4.69, 9.17) is 8.23 Å². The number of alkyl halides is 1. The first-order valence-corrected chi connectivity index (χ1v) is 12.5. The molecule has 0 bridgehead atoms. The Bertz CT molecular complexity index is 265. The molecule has 18 heavy (non-hydrogen) atoms. The molecule has 1 N–H and O–H groups in total. The smallest absolute Gasteiger partial charge is 0.418 e. The molecular weight excluding hydrogens is 391 g/mol. The Balaban J connectivity index is 4.32. The van der Waals surface area contributed by atoms with Gasteiger partial charge in [0.15, 0.2) is 19.5 Å². The molecule has 0 aromatic rings. The van der Waals surface area contributed by atoms with E-state index in [1.54, 1.807) is 0 Å². The highest BCUT2D eigenvalue weighted by molar-refractivity contribution is 14.1. The molecule has 0 aromatic carbocycles. The van der Waals surface area contributed by atoms with Crippen molar-refractivity contribution < 1.29 is 13.0 Å². The largest absolute Gasteiger partial charge is 0.477 e. The Labute approximate surface area is 130 Å². The molecule has 0 amide bonds. The van der Waals surface area contributed by atoms with Crippen LogP contribution in [0.4, 0.5) is 0 Å². The van der Waals surface area contributed by atoms with Crippen molar-refractivity contribution in [2.24, 2.45) is 0 Å². The van der Waals surface area contributed by atoms with Crippen molar-refractivity contribution in [1.82, 2.24) is 0 Å². The maximum absolute atomic E-state index is 10.5. The topological polar surface area (TPSA) is 38.7 Å². The average molecular weight is 416 g/mol. The summed E-state index contributed by atoms with van der Waals surface area (Å²) in [5.41, 5.74) is 6.75. The zero-order chi connectivity index (χ0) is 14.0. The summed E-state index contributed by atoms with van der Waals surface area (Å²) >= 11 is 2.32. The normalized spacial score (nSPS) is 15.2. The molecule has 0 fully saturated rings. The van der Waals surface area contributed by atoms with Gasteiger partial charge >= 0.3 is 8.80 Å². The van der Waals surface area contributed by atoms with Gasteiger partial charge in [-0.05, 0) is 38.5 Å². The molecule has 106 valence electrons. The first kappa shape index (κ1) is 18.7. The van der Waals surface area contributed by atoms with Crippen molar-refractivity contribution >= 4 is 50.9 Å². The lowest BCUT2D eigenvalue weighted by Gasteiger charge is -2.24. The van der Waals surface area contributed by atoms with Gasteiger partial charge in [-0.15, -0.1) is 0 Å². The van der Waals surface area contributed by atoms with E-state index in [9.17, 15) is 4.80 Å². The minimum Gasteiger partial charge on any atom is -0.418 e. The van der Waals surface area contributed by atoms with Gasteiger partial charge in [0.05, 0.1) is 0 Å². The molecule has 0 aliphatic carbocycles. The lowest BCUT2D eigenvalue weighted by atomic mass is 10.4. The maximum Gasteiger partial charge on any atom is 0.477 e. The van der Waals surface area contributed by atoms with Crippen molar-refractivity contribution in [3.63, 3.8) is 0 Å². The van der Waals surface area contributed by atoms with E-state index in [0.29, 0.717) is 6.04 Å². The van der Waals surface area contributed by atoms with Crippen LogP contribution >= 0.6 is 22.6 Å². The summed E-state index contributed by atoms with van der Waals surface area (Å²) < 4.78 is 12.6. The summed E-state index contributed by atoms with van der Waals surface area (Å²) in [4.78, 5) is 10.5. The van der Waals surface area contributed by atoms with Crippen LogP contribution in [0.5, 0.6) is 0 Å². The zero-order valence-electron chi connectivity index (χ0n) is 11.8. The Kier molecular flexibility index (Phi) is 11.0. The van der Waals surface area contributed by atoms with Crippen molar-refractivity contribution in [3.8, 4) is 0 Å². The van der Waals surface area contributed by atoms with Crippen LogP contribution in [0.3, 0.4) is 0 Å². The lowest BCUT2D eigenvalue weighted by Crippen LogP contribution is -2.44. The van der Waals surface area contributed by atoms with Crippen molar-refractivity contribution in [2.75, 3.05) is 4.43 Å². The summed E-state index contributed by atoms with van der Waals surface area (Å²) in [5, 5.41) is 0. The molecule has 0 saturated carbocycles. The van der Waals surface area contributed by atoms with Gasteiger partial charge in [-0.3, -0.25) is 0 Å². The quantitative estimate of drug-likeness (QED) is 0.354. The van der Waals surface area contributed by atoms with Crippen LogP contribution in [0.1, 0.15) is 34.1 Å². The molecule has 0 saturated heterocycles. The van der Waals surface area contributed by atoms with Gasteiger partial charge in [0.1, 0.15) is 0 Å². The van der Waals surface area contributed by atoms with Crippen molar-refractivity contribution in [2.45, 2.75) is 40.2 Å². The SMILES string of the molecule is CC(C)=C[SiH2]O[Si](O)(CCCI)O[SiH2]C=C(C)C. The van der Waals surface area contributed by atoms with Crippen LogP contribution in [0.25, 0.3) is 0 Å². The fraction of sp³-hybridized carbons (Fsp3) is 0.636. The van der Waals surface area contributed by atoms with Crippen molar-refractivity contribution in [3.05, 3.63) is 22.5 Å². The second-order valence-electron chi connectivity index (χ2n) is 4.69. The molecule has 0 aliphatic heterocycles. The molecule has 7 heteroatoms. The highest BCUT2D eigenvalue weighted by Gasteiger charge is 2.34. The molecule has 3 nitrogen and oxygen atoms in total. The number of hydrogen-bond donors (Lipinski definition) is 1. The Morgan fingerprint density at radius 2 is 1.56 bits per heavy atom. The second kappa shape index (κ2) is 10.5. The van der Waals surface area contributed by atoms with Gasteiger partial charge in [0.2, 0.25) is 0 Å². The van der Waals surface area contributed by atoms with Crippen LogP contribution in [0.2, 0.25) is 6.04 Å². The predicted octanol–water partition coefficient (Wildman–Crippen LogP) is 1.79. The van der Waals surface area contributed by atoms with Crippen LogP contribution < -0.4 is 0 Å². The summed E-state index contributed by atoms with van der Waals surface area (Å²) in [6.07, 6.45) is 0.968. The monoisotopic (exact) mass is 416 g/mol. The third kappa shape index (κ3) is 10.6. The van der Waals surface area contributed by atoms with Crippen LogP contribution in [-0.4, -0.2) is 37.6 Å². The molecule has 0 atom stereocenters. The van der Waals surface area contributed by atoms with Gasteiger partial charge in [0, 0.05) is 6.04 Å². The molecule has 0 radical (unpaired) electrons. The molecule has 0 heterocycles. The van der Waals surface area contributed by atoms with Crippen LogP contribution in [0, 0.1) is 0 Å². The van der Waals surface area contributed by atoms with E-state index in [0.717, 1.165) is 10.8 Å². The van der Waals surface area contributed by atoms with E-state index in [1.165, 1.54) is 11.1 Å². The van der Waals surface area contributed by atoms with Gasteiger partial charge in [-0.1, -0.05) is 45.1 Å². The number of hydrogen-bond acceptors (Lipinski definition) is 3. The number of halogens is 1. The summed E-state index contributed by atoms with van der Waals surface area (Å²) in [6, 6.07) is 0.698. The molecule has 0 aromatic heterocycles. The van der Waals surface area contributed by atoms with Gasteiger partial charge in [0.25, 0.3) is 0 Å². The Morgan fingerprint density at radius 3 is 1.89 bits per heavy atom. The molecule has 0 spiro atoms. The van der Waals surface area contributed by atoms with E-state index in [-0.39, 0.29) is 0 Å². The summed E-state index contributed by atoms with van der Waals surface area (Å²) in [7, 11) is -4.46. The minimum atomic E-state index is -2.87. The average Bonchev–Trinajstić information content (AvgIpc) is 2.25. The lowest BCUT2D eigenvalue weighted by molar-refractivity contribution is 0.264. The molecule has 0 aliphatic rings. The third-order valence-corrected chi connectivity index (χ3v) is 10.9. The first-order chi connectivity index (χ1) is 8.39. The van der Waals surface area contributed by atoms with Gasteiger partial charge in [-0.2, -0.15) is 0 Å². The first-order valence-electron chi connectivity index (χ1n) is 6.22. The molecule has 0 unspecified atom stereocenters. The van der Waals surface area contributed by atoms with E-state index in [2.05, 4.69) is 61.7 Å². The fourth-order valence-electron chi connectivity index (χ4n) is 1.15. The standard InChI is InChI=1S/C11H25IO3Si3/c1-10(2)8-16-14-18(13,7-5-6-12)15-17-9-11(3)4/h8-9,13H,5-7,16-17H2,1-4H3. The summed E-state index contributed by atoms with van der Waals surface area (Å²) in [5.74, 6) is 0. The number of allylic oxidation sites excluding steroid dienone is 2. The van der Waals surface area contributed by atoms with Crippen molar-refractivity contribution in [1.29, 1.82) is 0 Å². The van der Waals surface area contributed by atoms with E-state index < -0.39 is 28.3 Å². The predicted molar refractivity (Wildman–Crippen MR) is 94.4 cm³/mol. The fourth-order valence-corrected chi connectivity index (χ4v) is 8.53. The highest BCUT2D eigenvalue weighted by Crippen LogP contribution is 2.13. The van der Waals surface area contributed by atoms with Crippen LogP contribution in [-0.2, 0) is 8.23 Å². The second-order valence-corrected chi connectivity index (χ2v) is 11.5. The maximum atomic E-state index is 10.5. The van der Waals surface area contributed by atoms with E-state index >= 15 is 0 Å². The van der Waals surface area contributed by atoms with Gasteiger partial charge < -0.3 is 13.0 Å². The molecule has 0 rings (SSSR count).